The van der Waals surface area contributed by atoms with Crippen molar-refractivity contribution in [1.29, 1.82) is 0 Å². The fourth-order valence-corrected chi connectivity index (χ4v) is 3.29. The molecule has 0 radical (unpaired) electrons. The van der Waals surface area contributed by atoms with E-state index >= 15 is 0 Å². The minimum Gasteiger partial charge on any atom is -0.370 e. The number of rotatable bonds is 1. The Kier molecular flexibility index (Phi) is 3.50. The first-order chi connectivity index (χ1) is 9.50. The van der Waals surface area contributed by atoms with Crippen molar-refractivity contribution in [2.24, 2.45) is 0 Å². The van der Waals surface area contributed by atoms with Gasteiger partial charge in [-0.3, -0.25) is 0 Å². The maximum atomic E-state index is 13.0. The number of hydrogen-bond donors (Lipinski definition) is 1. The normalized spacial score (nSPS) is 26.1. The van der Waals surface area contributed by atoms with Crippen LogP contribution in [0, 0.1) is 0 Å². The van der Waals surface area contributed by atoms with Crippen molar-refractivity contribution in [3.8, 4) is 0 Å². The highest BCUT2D eigenvalue weighted by Crippen LogP contribution is 2.39. The van der Waals surface area contributed by atoms with Crippen LogP contribution in [0.15, 0.2) is 24.3 Å². The van der Waals surface area contributed by atoms with Gasteiger partial charge < -0.3 is 10.1 Å². The van der Waals surface area contributed by atoms with E-state index in [2.05, 4.69) is 5.32 Å². The summed E-state index contributed by atoms with van der Waals surface area (Å²) in [6.07, 6.45) is -0.400. The molecular weight excluding hydrogens is 267 g/mol. The highest BCUT2D eigenvalue weighted by molar-refractivity contribution is 5.32. The summed E-state index contributed by atoms with van der Waals surface area (Å²) in [5, 5.41) is 3.43. The Morgan fingerprint density at radius 2 is 1.85 bits per heavy atom. The molecule has 2 nitrogen and oxygen atoms in total. The maximum Gasteiger partial charge on any atom is 0.416 e. The van der Waals surface area contributed by atoms with E-state index in [4.69, 9.17) is 4.74 Å². The molecule has 1 heterocycles. The minimum absolute atomic E-state index is 0.00365. The van der Waals surface area contributed by atoms with E-state index in [-0.39, 0.29) is 11.1 Å². The molecule has 2 fully saturated rings. The Morgan fingerprint density at radius 3 is 2.45 bits per heavy atom. The van der Waals surface area contributed by atoms with Crippen LogP contribution in [-0.2, 0) is 10.9 Å². The second-order valence-corrected chi connectivity index (χ2v) is 5.75. The van der Waals surface area contributed by atoms with Crippen molar-refractivity contribution in [3.63, 3.8) is 0 Å². The van der Waals surface area contributed by atoms with Gasteiger partial charge in [-0.2, -0.15) is 13.2 Å². The van der Waals surface area contributed by atoms with Crippen LogP contribution in [-0.4, -0.2) is 18.7 Å². The molecule has 1 unspecified atom stereocenters. The first-order valence-corrected chi connectivity index (χ1v) is 7.03. The van der Waals surface area contributed by atoms with E-state index < -0.39 is 17.8 Å². The molecule has 0 bridgehead atoms. The summed E-state index contributed by atoms with van der Waals surface area (Å²) in [4.78, 5) is 0. The van der Waals surface area contributed by atoms with Gasteiger partial charge in [-0.25, -0.2) is 0 Å². The fourth-order valence-electron chi connectivity index (χ4n) is 3.29. The minimum atomic E-state index is -4.33. The second kappa shape index (κ2) is 5.04. The predicted molar refractivity (Wildman–Crippen MR) is 69.3 cm³/mol. The zero-order valence-electron chi connectivity index (χ0n) is 11.2. The summed E-state index contributed by atoms with van der Waals surface area (Å²) in [5.74, 6) is 0. The molecule has 2 aliphatic rings. The van der Waals surface area contributed by atoms with Crippen LogP contribution in [0.2, 0.25) is 0 Å². The van der Waals surface area contributed by atoms with Crippen molar-refractivity contribution in [2.75, 3.05) is 13.2 Å². The molecule has 1 atom stereocenters. The molecule has 110 valence electrons. The molecule has 0 aromatic heterocycles. The van der Waals surface area contributed by atoms with E-state index in [1.165, 1.54) is 25.0 Å². The van der Waals surface area contributed by atoms with Gasteiger partial charge in [-0.1, -0.05) is 31.0 Å². The van der Waals surface area contributed by atoms with Crippen molar-refractivity contribution in [3.05, 3.63) is 35.4 Å². The van der Waals surface area contributed by atoms with Gasteiger partial charge in [0.2, 0.25) is 0 Å². The van der Waals surface area contributed by atoms with Gasteiger partial charge in [0, 0.05) is 12.1 Å². The number of benzene rings is 1. The van der Waals surface area contributed by atoms with E-state index in [0.29, 0.717) is 13.2 Å². The lowest BCUT2D eigenvalue weighted by molar-refractivity contribution is -0.140. The van der Waals surface area contributed by atoms with Gasteiger partial charge in [-0.05, 0) is 24.5 Å². The Morgan fingerprint density at radius 1 is 1.15 bits per heavy atom. The second-order valence-electron chi connectivity index (χ2n) is 5.75. The van der Waals surface area contributed by atoms with Crippen molar-refractivity contribution in [1.82, 2.24) is 5.32 Å². The average Bonchev–Trinajstić information content (AvgIpc) is 2.87. The molecule has 1 saturated heterocycles. The molecule has 20 heavy (non-hydrogen) atoms. The number of halogens is 3. The summed E-state index contributed by atoms with van der Waals surface area (Å²) >= 11 is 0. The molecular formula is C15H18F3NO. The van der Waals surface area contributed by atoms with Crippen LogP contribution in [0.25, 0.3) is 0 Å². The quantitative estimate of drug-likeness (QED) is 0.850. The van der Waals surface area contributed by atoms with Gasteiger partial charge in [-0.15, -0.1) is 0 Å². The molecule has 1 saturated carbocycles. The topological polar surface area (TPSA) is 21.3 Å². The van der Waals surface area contributed by atoms with Gasteiger partial charge in [0.1, 0.15) is 0 Å². The molecule has 1 aromatic carbocycles. The zero-order chi connectivity index (χ0) is 14.2. The Bertz CT molecular complexity index is 470. The predicted octanol–water partition coefficient (Wildman–Crippen LogP) is 3.68. The lowest BCUT2D eigenvalue weighted by Gasteiger charge is -2.39. The fraction of sp³-hybridized carbons (Fsp3) is 0.600. The third-order valence-corrected chi connectivity index (χ3v) is 4.40. The van der Waals surface area contributed by atoms with Crippen molar-refractivity contribution < 1.29 is 17.9 Å². The number of hydrogen-bond acceptors (Lipinski definition) is 2. The lowest BCUT2D eigenvalue weighted by atomic mass is 9.94. The van der Waals surface area contributed by atoms with Gasteiger partial charge in [0.15, 0.2) is 0 Å². The first kappa shape index (κ1) is 13.9. The van der Waals surface area contributed by atoms with E-state index in [1.54, 1.807) is 6.07 Å². The van der Waals surface area contributed by atoms with Crippen LogP contribution in [0.1, 0.15) is 42.9 Å². The number of nitrogens with one attached hydrogen (secondary N) is 1. The third kappa shape index (κ3) is 2.56. The monoisotopic (exact) mass is 285 g/mol. The molecule has 5 heteroatoms. The van der Waals surface area contributed by atoms with Gasteiger partial charge in [0.05, 0.1) is 18.3 Å². The van der Waals surface area contributed by atoms with Crippen molar-refractivity contribution >= 4 is 0 Å². The number of ether oxygens (including phenoxy) is 1. The Labute approximate surface area is 116 Å². The lowest BCUT2D eigenvalue weighted by Crippen LogP contribution is -2.53. The summed E-state index contributed by atoms with van der Waals surface area (Å²) in [6, 6.07) is 5.69. The van der Waals surface area contributed by atoms with E-state index in [9.17, 15) is 13.2 Å². The number of morpholine rings is 1. The molecule has 0 amide bonds. The van der Waals surface area contributed by atoms with Crippen molar-refractivity contribution in [2.45, 2.75) is 43.5 Å². The van der Waals surface area contributed by atoms with Crippen LogP contribution in [0.4, 0.5) is 13.2 Å². The molecule has 1 aliphatic heterocycles. The van der Waals surface area contributed by atoms with Crippen LogP contribution in [0.3, 0.4) is 0 Å². The summed E-state index contributed by atoms with van der Waals surface area (Å²) in [7, 11) is 0. The molecule has 1 N–H and O–H groups in total. The largest absolute Gasteiger partial charge is 0.416 e. The molecule has 3 rings (SSSR count). The molecule has 1 aliphatic carbocycles. The summed E-state index contributed by atoms with van der Waals surface area (Å²) < 4.78 is 44.8. The van der Waals surface area contributed by atoms with E-state index in [1.807, 2.05) is 0 Å². The smallest absolute Gasteiger partial charge is 0.370 e. The highest BCUT2D eigenvalue weighted by atomic mass is 19.4. The standard InChI is InChI=1S/C15H18F3NO/c16-15(17,18)12-6-2-1-5-11(12)13-9-19-14(10-20-13)7-3-4-8-14/h1-2,5-6,13,19H,3-4,7-10H2. The summed E-state index contributed by atoms with van der Waals surface area (Å²) in [6.45, 7) is 0.955. The van der Waals surface area contributed by atoms with Crippen LogP contribution in [0.5, 0.6) is 0 Å². The van der Waals surface area contributed by atoms with Crippen LogP contribution >= 0.6 is 0 Å². The molecule has 1 spiro atoms. The third-order valence-electron chi connectivity index (χ3n) is 4.40. The Balaban J connectivity index is 1.78. The molecule has 1 aromatic rings. The van der Waals surface area contributed by atoms with Gasteiger partial charge >= 0.3 is 6.18 Å². The SMILES string of the molecule is FC(F)(F)c1ccccc1C1CNC2(CCCC2)CO1. The number of alkyl halides is 3. The average molecular weight is 285 g/mol. The van der Waals surface area contributed by atoms with Crippen LogP contribution < -0.4 is 5.32 Å². The Hall–Kier alpha value is -1.07. The van der Waals surface area contributed by atoms with E-state index in [0.717, 1.165) is 18.9 Å². The van der Waals surface area contributed by atoms with Gasteiger partial charge in [0.25, 0.3) is 0 Å². The summed E-state index contributed by atoms with van der Waals surface area (Å²) in [5.41, 5.74) is -0.349. The highest BCUT2D eigenvalue weighted by Gasteiger charge is 2.41. The first-order valence-electron chi connectivity index (χ1n) is 7.03. The zero-order valence-corrected chi connectivity index (χ0v) is 11.2. The maximum absolute atomic E-state index is 13.0.